The molecule has 5 heterocycles. The van der Waals surface area contributed by atoms with E-state index in [1.165, 1.54) is 0 Å². The van der Waals surface area contributed by atoms with Crippen LogP contribution in [-0.4, -0.2) is 121 Å². The van der Waals surface area contributed by atoms with Crippen LogP contribution in [0.25, 0.3) is 22.4 Å². The minimum atomic E-state index is -0.518. The van der Waals surface area contributed by atoms with Crippen LogP contribution < -0.4 is 20.4 Å². The summed E-state index contributed by atoms with van der Waals surface area (Å²) < 4.78 is 24.5. The van der Waals surface area contributed by atoms with Crippen molar-refractivity contribution < 1.29 is 28.5 Å². The summed E-state index contributed by atoms with van der Waals surface area (Å²) in [4.78, 5) is 41.7. The standard InChI is InChI=1S/C38H49N9O6/c1-38(2,3)53-37(49)45-18-16-44(17-19-45)28-12-10-27(11-13-28)41-36(48)40-26-8-6-25(7-9-26)33-42-34(46-21-30-14-15-31(22-46)52-30)32-20-39-47(35(32)43-33)29(23-50-4)24-51-5/h6-13,20,29-31H,14-19,21-24H2,1-5H3,(H2,40,41,48). The Morgan fingerprint density at radius 2 is 1.45 bits per heavy atom. The third-order valence-electron chi connectivity index (χ3n) is 9.66. The van der Waals surface area contributed by atoms with Gasteiger partial charge >= 0.3 is 12.1 Å². The summed E-state index contributed by atoms with van der Waals surface area (Å²) in [6, 6.07) is 14.7. The number of hydrogen-bond donors (Lipinski definition) is 2. The highest BCUT2D eigenvalue weighted by molar-refractivity contribution is 6.00. The lowest BCUT2D eigenvalue weighted by molar-refractivity contribution is 0.0240. The number of fused-ring (bicyclic) bond motifs is 3. The van der Waals surface area contributed by atoms with Gasteiger partial charge in [-0.05, 0) is 82.1 Å². The Morgan fingerprint density at radius 1 is 0.849 bits per heavy atom. The summed E-state index contributed by atoms with van der Waals surface area (Å²) in [5.41, 5.74) is 3.31. The molecule has 2 aromatic carbocycles. The molecule has 0 aliphatic carbocycles. The van der Waals surface area contributed by atoms with Gasteiger partial charge in [0, 0.05) is 76.1 Å². The number of amides is 3. The number of ether oxygens (including phenoxy) is 4. The van der Waals surface area contributed by atoms with E-state index in [0.717, 1.165) is 48.4 Å². The number of aromatic nitrogens is 4. The molecule has 0 radical (unpaired) electrons. The summed E-state index contributed by atoms with van der Waals surface area (Å²) >= 11 is 0. The Hall–Kier alpha value is -4.99. The van der Waals surface area contributed by atoms with Gasteiger partial charge in [-0.25, -0.2) is 24.2 Å². The average Bonchev–Trinajstić information content (AvgIpc) is 3.72. The van der Waals surface area contributed by atoms with Crippen molar-refractivity contribution in [3.8, 4) is 11.4 Å². The van der Waals surface area contributed by atoms with Crippen LogP contribution in [-0.2, 0) is 18.9 Å². The lowest BCUT2D eigenvalue weighted by Crippen LogP contribution is -2.50. The number of carbonyl (C=O) groups is 2. The van der Waals surface area contributed by atoms with E-state index in [2.05, 4.69) is 20.4 Å². The fourth-order valence-corrected chi connectivity index (χ4v) is 7.14. The lowest BCUT2D eigenvalue weighted by atomic mass is 10.2. The Kier molecular flexibility index (Phi) is 10.7. The summed E-state index contributed by atoms with van der Waals surface area (Å²) in [5.74, 6) is 1.39. The first-order valence-corrected chi connectivity index (χ1v) is 18.2. The minimum absolute atomic E-state index is 0.165. The highest BCUT2D eigenvalue weighted by Crippen LogP contribution is 2.34. The number of benzene rings is 2. The van der Waals surface area contributed by atoms with E-state index in [1.807, 2.05) is 80.2 Å². The quantitative estimate of drug-likeness (QED) is 0.217. The van der Waals surface area contributed by atoms with Gasteiger partial charge in [0.15, 0.2) is 11.5 Å². The number of nitrogens with one attached hydrogen (secondary N) is 2. The molecule has 3 aliphatic heterocycles. The molecule has 2 N–H and O–H groups in total. The van der Waals surface area contributed by atoms with E-state index in [1.54, 1.807) is 19.1 Å². The van der Waals surface area contributed by atoms with Crippen LogP contribution in [0, 0.1) is 0 Å². The van der Waals surface area contributed by atoms with Crippen molar-refractivity contribution in [2.24, 2.45) is 0 Å². The number of rotatable bonds is 10. The van der Waals surface area contributed by atoms with Crippen LogP contribution in [0.3, 0.4) is 0 Å². The molecule has 282 valence electrons. The second-order valence-corrected chi connectivity index (χ2v) is 14.8. The van der Waals surface area contributed by atoms with E-state index in [0.29, 0.717) is 62.2 Å². The number of urea groups is 1. The lowest BCUT2D eigenvalue weighted by Gasteiger charge is -2.36. The molecule has 0 saturated carbocycles. The molecule has 3 amide bonds. The number of piperazine rings is 1. The first-order valence-electron chi connectivity index (χ1n) is 18.2. The molecule has 53 heavy (non-hydrogen) atoms. The molecular formula is C38H49N9O6. The predicted molar refractivity (Wildman–Crippen MR) is 203 cm³/mol. The number of morpholine rings is 1. The fourth-order valence-electron chi connectivity index (χ4n) is 7.14. The summed E-state index contributed by atoms with van der Waals surface area (Å²) in [7, 11) is 3.33. The molecule has 15 heteroatoms. The van der Waals surface area contributed by atoms with Gasteiger partial charge in [0.1, 0.15) is 17.5 Å². The maximum atomic E-state index is 13.0. The molecule has 3 saturated heterocycles. The molecule has 2 aromatic heterocycles. The number of hydrogen-bond acceptors (Lipinski definition) is 11. The van der Waals surface area contributed by atoms with Crippen molar-refractivity contribution in [3.63, 3.8) is 0 Å². The topological polar surface area (TPSA) is 148 Å². The fraction of sp³-hybridized carbons (Fsp3) is 0.500. The van der Waals surface area contributed by atoms with Gasteiger partial charge in [0.2, 0.25) is 0 Å². The molecule has 2 atom stereocenters. The maximum Gasteiger partial charge on any atom is 0.410 e. The van der Waals surface area contributed by atoms with E-state index in [4.69, 9.17) is 34.0 Å². The van der Waals surface area contributed by atoms with E-state index in [-0.39, 0.29) is 30.4 Å². The van der Waals surface area contributed by atoms with Gasteiger partial charge in [0.25, 0.3) is 0 Å². The average molecular weight is 728 g/mol. The second-order valence-electron chi connectivity index (χ2n) is 14.8. The van der Waals surface area contributed by atoms with E-state index in [9.17, 15) is 9.59 Å². The Balaban J connectivity index is 1.01. The normalized spacial score (nSPS) is 18.9. The van der Waals surface area contributed by atoms with Crippen LogP contribution in [0.2, 0.25) is 0 Å². The second kappa shape index (κ2) is 15.5. The van der Waals surface area contributed by atoms with Gasteiger partial charge in [0.05, 0.1) is 37.0 Å². The van der Waals surface area contributed by atoms with Crippen molar-refractivity contribution >= 4 is 46.0 Å². The van der Waals surface area contributed by atoms with Gasteiger partial charge in [-0.3, -0.25) is 0 Å². The molecule has 7 rings (SSSR count). The molecule has 15 nitrogen and oxygen atoms in total. The van der Waals surface area contributed by atoms with Crippen molar-refractivity contribution in [3.05, 3.63) is 54.7 Å². The predicted octanol–water partition coefficient (Wildman–Crippen LogP) is 5.40. The Bertz CT molecular complexity index is 1870. The molecule has 4 aromatic rings. The zero-order valence-electron chi connectivity index (χ0n) is 31.1. The zero-order valence-corrected chi connectivity index (χ0v) is 31.1. The van der Waals surface area contributed by atoms with E-state index >= 15 is 0 Å². The highest BCUT2D eigenvalue weighted by atomic mass is 16.6. The van der Waals surface area contributed by atoms with E-state index < -0.39 is 5.60 Å². The van der Waals surface area contributed by atoms with Crippen molar-refractivity contribution in [2.75, 3.05) is 87.1 Å². The monoisotopic (exact) mass is 727 g/mol. The molecule has 3 fully saturated rings. The number of methoxy groups -OCH3 is 2. The molecule has 2 unspecified atom stereocenters. The third-order valence-corrected chi connectivity index (χ3v) is 9.66. The number of nitrogens with zero attached hydrogens (tertiary/aromatic N) is 7. The van der Waals surface area contributed by atoms with Crippen LogP contribution in [0.5, 0.6) is 0 Å². The Morgan fingerprint density at radius 3 is 2.04 bits per heavy atom. The van der Waals surface area contributed by atoms with Gasteiger partial charge in [-0.1, -0.05) is 0 Å². The molecule has 0 spiro atoms. The molecular weight excluding hydrogens is 678 g/mol. The molecule has 2 bridgehead atoms. The summed E-state index contributed by atoms with van der Waals surface area (Å²) in [6.45, 7) is 10.5. The van der Waals surface area contributed by atoms with Crippen molar-refractivity contribution in [2.45, 2.75) is 57.5 Å². The van der Waals surface area contributed by atoms with Crippen LogP contribution in [0.15, 0.2) is 54.7 Å². The van der Waals surface area contributed by atoms with Crippen molar-refractivity contribution in [1.82, 2.24) is 24.6 Å². The first kappa shape index (κ1) is 36.4. The number of anilines is 4. The summed E-state index contributed by atoms with van der Waals surface area (Å²) in [6.07, 6.45) is 4.03. The third kappa shape index (κ3) is 8.47. The van der Waals surface area contributed by atoms with Gasteiger partial charge < -0.3 is 44.3 Å². The van der Waals surface area contributed by atoms with Crippen LogP contribution >= 0.6 is 0 Å². The highest BCUT2D eigenvalue weighted by Gasteiger charge is 2.36. The minimum Gasteiger partial charge on any atom is -0.444 e. The zero-order chi connectivity index (χ0) is 37.1. The molecule has 3 aliphatic rings. The maximum absolute atomic E-state index is 13.0. The summed E-state index contributed by atoms with van der Waals surface area (Å²) in [5, 5.41) is 11.4. The van der Waals surface area contributed by atoms with Gasteiger partial charge in [-0.15, -0.1) is 0 Å². The Labute approximate surface area is 309 Å². The SMILES string of the molecule is COCC(COC)n1ncc2c(N3CC4CCC(C3)O4)nc(-c3ccc(NC(=O)Nc4ccc(N5CCN(C(=O)OC(C)(C)C)CC5)cc4)cc3)nc21. The van der Waals surface area contributed by atoms with Crippen LogP contribution in [0.1, 0.15) is 39.7 Å². The smallest absolute Gasteiger partial charge is 0.410 e. The largest absolute Gasteiger partial charge is 0.444 e. The first-order chi connectivity index (χ1) is 25.6. The van der Waals surface area contributed by atoms with Gasteiger partial charge in [-0.2, -0.15) is 5.10 Å². The van der Waals surface area contributed by atoms with Crippen LogP contribution in [0.4, 0.5) is 32.5 Å². The van der Waals surface area contributed by atoms with Crippen molar-refractivity contribution in [1.29, 1.82) is 0 Å². The number of carbonyl (C=O) groups excluding carboxylic acids is 2.